The van der Waals surface area contributed by atoms with Gasteiger partial charge in [0, 0.05) is 10.8 Å². The van der Waals surface area contributed by atoms with Gasteiger partial charge in [0.05, 0.1) is 36.8 Å². The molecule has 0 aromatic heterocycles. The number of hydrogen-bond acceptors (Lipinski definition) is 8. The summed E-state index contributed by atoms with van der Waals surface area (Å²) in [6.45, 7) is 11.9. The molecule has 3 aliphatic carbocycles. The number of nitrogens with one attached hydrogen (secondary N) is 2. The van der Waals surface area contributed by atoms with Crippen molar-refractivity contribution in [2.45, 2.75) is 86.5 Å². The molecule has 0 heterocycles. The number of hydrogen-bond donors (Lipinski definition) is 4. The van der Waals surface area contributed by atoms with Crippen molar-refractivity contribution in [1.82, 2.24) is 10.6 Å². The number of rotatable bonds is 14. The third kappa shape index (κ3) is 10.3. The van der Waals surface area contributed by atoms with Gasteiger partial charge in [-0.05, 0) is 43.9 Å². The normalized spacial score (nSPS) is 25.4. The van der Waals surface area contributed by atoms with Crippen molar-refractivity contribution in [2.75, 3.05) is 26.3 Å². The minimum absolute atomic E-state index is 0.0396. The molecule has 2 saturated carbocycles. The highest BCUT2D eigenvalue weighted by atomic mass is 16.5. The molecule has 3 rings (SSSR count). The Morgan fingerprint density at radius 3 is 1.58 bits per heavy atom. The molecule has 0 aromatic rings. The Morgan fingerprint density at radius 2 is 1.13 bits per heavy atom. The van der Waals surface area contributed by atoms with Crippen LogP contribution in [-0.2, 0) is 38.2 Å². The Morgan fingerprint density at radius 1 is 0.689 bits per heavy atom. The van der Waals surface area contributed by atoms with E-state index in [-0.39, 0.29) is 50.0 Å². The van der Waals surface area contributed by atoms with Gasteiger partial charge in [0.1, 0.15) is 13.2 Å². The van der Waals surface area contributed by atoms with Gasteiger partial charge in [0.2, 0.25) is 11.8 Å². The SMILES string of the molecule is CCC(C)(C)C(=O)NCCOC(=O)C1C2C=CC(C2)C1C(=O)O.CCC(C)(C)C(=O)NCCOC(=O)C1CCCCC1C(=O)O. The van der Waals surface area contributed by atoms with Crippen LogP contribution in [0.3, 0.4) is 0 Å². The van der Waals surface area contributed by atoms with Crippen molar-refractivity contribution >= 4 is 35.7 Å². The Kier molecular flexibility index (Phi) is 14.0. The lowest BCUT2D eigenvalue weighted by atomic mass is 9.79. The number of amides is 2. The van der Waals surface area contributed by atoms with Crippen molar-refractivity contribution in [3.8, 4) is 0 Å². The standard InChI is InChI=1S/C17H25NO5.C16H27NO5/c1-4-17(2,3)16(22)18-7-8-23-15(21)13-11-6-5-10(9-11)12(13)14(19)20;1-4-16(2,3)15(21)17-9-10-22-14(20)12-8-6-5-7-11(12)13(18)19/h5-6,10-13H,4,7-9H2,1-3H3,(H,18,22)(H,19,20);11-12H,4-10H2,1-3H3,(H,17,21)(H,18,19). The van der Waals surface area contributed by atoms with E-state index in [0.717, 1.165) is 25.7 Å². The van der Waals surface area contributed by atoms with Gasteiger partial charge in [-0.2, -0.15) is 0 Å². The molecule has 12 heteroatoms. The summed E-state index contributed by atoms with van der Waals surface area (Å²) in [5.41, 5.74) is -0.893. The smallest absolute Gasteiger partial charge is 0.310 e. The van der Waals surface area contributed by atoms with E-state index in [1.165, 1.54) is 0 Å². The van der Waals surface area contributed by atoms with E-state index in [9.17, 15) is 33.9 Å². The quantitative estimate of drug-likeness (QED) is 0.125. The van der Waals surface area contributed by atoms with Gasteiger partial charge >= 0.3 is 23.9 Å². The van der Waals surface area contributed by atoms with Crippen LogP contribution in [0.5, 0.6) is 0 Å². The molecular formula is C33H52N2O10. The average Bonchev–Trinajstić information content (AvgIpc) is 3.63. The van der Waals surface area contributed by atoms with Crippen LogP contribution >= 0.6 is 0 Å². The van der Waals surface area contributed by atoms with E-state index in [4.69, 9.17) is 14.6 Å². The third-order valence-electron chi connectivity index (χ3n) is 9.66. The molecule has 4 N–H and O–H groups in total. The maximum absolute atomic E-state index is 12.2. The van der Waals surface area contributed by atoms with Gasteiger partial charge < -0.3 is 30.3 Å². The second kappa shape index (κ2) is 16.7. The predicted octanol–water partition coefficient (Wildman–Crippen LogP) is 3.58. The molecule has 0 saturated heterocycles. The first-order valence-electron chi connectivity index (χ1n) is 16.1. The maximum Gasteiger partial charge on any atom is 0.310 e. The number of carbonyl (C=O) groups excluding carboxylic acids is 4. The molecule has 0 aromatic carbocycles. The zero-order valence-electron chi connectivity index (χ0n) is 27.6. The fourth-order valence-corrected chi connectivity index (χ4v) is 5.82. The molecule has 0 radical (unpaired) electrons. The van der Waals surface area contributed by atoms with E-state index in [1.807, 2.05) is 53.7 Å². The van der Waals surface area contributed by atoms with Crippen LogP contribution in [0.1, 0.15) is 86.5 Å². The van der Waals surface area contributed by atoms with Crippen molar-refractivity contribution in [2.24, 2.45) is 46.3 Å². The number of allylic oxidation sites excluding steroid dienone is 2. The molecule has 0 aliphatic heterocycles. The lowest BCUT2D eigenvalue weighted by Crippen LogP contribution is -2.39. The average molecular weight is 637 g/mol. The maximum atomic E-state index is 12.2. The molecule has 45 heavy (non-hydrogen) atoms. The summed E-state index contributed by atoms with van der Waals surface area (Å²) in [6.07, 6.45) is 8.73. The number of carboxylic acid groups (broad SMARTS) is 2. The molecule has 2 amide bonds. The summed E-state index contributed by atoms with van der Waals surface area (Å²) < 4.78 is 10.3. The molecule has 2 fully saturated rings. The van der Waals surface area contributed by atoms with Gasteiger partial charge in [-0.25, -0.2) is 0 Å². The Hall–Kier alpha value is -3.44. The van der Waals surface area contributed by atoms with Gasteiger partial charge in [-0.15, -0.1) is 0 Å². The second-order valence-corrected chi connectivity index (χ2v) is 13.5. The van der Waals surface area contributed by atoms with Crippen molar-refractivity contribution in [3.05, 3.63) is 12.2 Å². The highest BCUT2D eigenvalue weighted by molar-refractivity contribution is 5.84. The first kappa shape index (κ1) is 37.7. The van der Waals surface area contributed by atoms with E-state index < -0.39 is 58.4 Å². The minimum Gasteiger partial charge on any atom is -0.481 e. The van der Waals surface area contributed by atoms with E-state index in [2.05, 4.69) is 10.6 Å². The molecular weight excluding hydrogens is 584 g/mol. The van der Waals surface area contributed by atoms with E-state index in [0.29, 0.717) is 19.3 Å². The first-order chi connectivity index (χ1) is 21.1. The Bertz CT molecular complexity index is 1110. The van der Waals surface area contributed by atoms with Crippen LogP contribution in [-0.4, -0.2) is 72.2 Å². The fraction of sp³-hybridized carbons (Fsp3) is 0.758. The van der Waals surface area contributed by atoms with Crippen LogP contribution in [0.25, 0.3) is 0 Å². The highest BCUT2D eigenvalue weighted by Crippen LogP contribution is 2.48. The monoisotopic (exact) mass is 636 g/mol. The molecule has 0 spiro atoms. The Balaban J connectivity index is 0.000000314. The molecule has 2 bridgehead atoms. The summed E-state index contributed by atoms with van der Waals surface area (Å²) in [5, 5.41) is 23.9. The molecule has 6 unspecified atom stereocenters. The second-order valence-electron chi connectivity index (χ2n) is 13.5. The third-order valence-corrected chi connectivity index (χ3v) is 9.66. The van der Waals surface area contributed by atoms with Gasteiger partial charge in [-0.3, -0.25) is 28.8 Å². The number of esters is 2. The van der Waals surface area contributed by atoms with E-state index in [1.54, 1.807) is 0 Å². The van der Waals surface area contributed by atoms with Gasteiger partial charge in [0.25, 0.3) is 0 Å². The number of carboxylic acids is 2. The number of aliphatic carboxylic acids is 2. The lowest BCUT2D eigenvalue weighted by Gasteiger charge is -2.26. The minimum atomic E-state index is -0.943. The van der Waals surface area contributed by atoms with Crippen molar-refractivity contribution in [3.63, 3.8) is 0 Å². The summed E-state index contributed by atoms with van der Waals surface area (Å²) in [6, 6.07) is 0. The summed E-state index contributed by atoms with van der Waals surface area (Å²) in [7, 11) is 0. The van der Waals surface area contributed by atoms with Crippen LogP contribution < -0.4 is 10.6 Å². The lowest BCUT2D eigenvalue weighted by molar-refractivity contribution is -0.159. The van der Waals surface area contributed by atoms with Gasteiger partial charge in [0.15, 0.2) is 0 Å². The van der Waals surface area contributed by atoms with Crippen LogP contribution in [0, 0.1) is 46.3 Å². The van der Waals surface area contributed by atoms with E-state index >= 15 is 0 Å². The largest absolute Gasteiger partial charge is 0.481 e. The highest BCUT2D eigenvalue weighted by Gasteiger charge is 2.52. The topological polar surface area (TPSA) is 185 Å². The summed E-state index contributed by atoms with van der Waals surface area (Å²) >= 11 is 0. The Labute approximate surface area is 266 Å². The first-order valence-corrected chi connectivity index (χ1v) is 16.1. The van der Waals surface area contributed by atoms with Crippen LogP contribution in [0.2, 0.25) is 0 Å². The molecule has 12 nitrogen and oxygen atoms in total. The zero-order chi connectivity index (χ0) is 33.9. The van der Waals surface area contributed by atoms with Gasteiger partial charge in [-0.1, -0.05) is 66.5 Å². The molecule has 254 valence electrons. The predicted molar refractivity (Wildman–Crippen MR) is 165 cm³/mol. The zero-order valence-corrected chi connectivity index (χ0v) is 27.6. The summed E-state index contributed by atoms with van der Waals surface area (Å²) in [5.74, 6) is -5.58. The van der Waals surface area contributed by atoms with Crippen LogP contribution in [0.15, 0.2) is 12.2 Å². The number of carbonyl (C=O) groups is 6. The van der Waals surface area contributed by atoms with Crippen LogP contribution in [0.4, 0.5) is 0 Å². The molecule has 6 atom stereocenters. The molecule has 3 aliphatic rings. The van der Waals surface area contributed by atoms with Crippen molar-refractivity contribution in [1.29, 1.82) is 0 Å². The van der Waals surface area contributed by atoms with Crippen molar-refractivity contribution < 1.29 is 48.5 Å². The summed E-state index contributed by atoms with van der Waals surface area (Å²) in [4.78, 5) is 70.5. The number of fused-ring (bicyclic) bond motifs is 2. The fourth-order valence-electron chi connectivity index (χ4n) is 5.82. The number of ether oxygens (including phenoxy) is 2.